The topological polar surface area (TPSA) is 66.4 Å². The van der Waals surface area contributed by atoms with E-state index in [0.29, 0.717) is 23.8 Å². The fourth-order valence-electron chi connectivity index (χ4n) is 4.03. The third kappa shape index (κ3) is 3.68. The van der Waals surface area contributed by atoms with Gasteiger partial charge in [0.15, 0.2) is 0 Å². The van der Waals surface area contributed by atoms with E-state index in [-0.39, 0.29) is 18.0 Å². The van der Waals surface area contributed by atoms with Gasteiger partial charge >= 0.3 is 6.03 Å². The van der Waals surface area contributed by atoms with Gasteiger partial charge in [-0.3, -0.25) is 4.79 Å². The molecule has 152 valence electrons. The van der Waals surface area contributed by atoms with Crippen LogP contribution in [0.1, 0.15) is 40.5 Å². The van der Waals surface area contributed by atoms with Gasteiger partial charge in [-0.25, -0.2) is 4.79 Å². The van der Waals surface area contributed by atoms with Crippen molar-refractivity contribution >= 4 is 17.6 Å². The number of nitrogens with one attached hydrogen (secondary N) is 2. The van der Waals surface area contributed by atoms with Gasteiger partial charge in [0.1, 0.15) is 0 Å². The van der Waals surface area contributed by atoms with Gasteiger partial charge in [-0.2, -0.15) is 0 Å². The van der Waals surface area contributed by atoms with Crippen molar-refractivity contribution in [3.05, 3.63) is 89.7 Å². The molecule has 3 amide bonds. The highest BCUT2D eigenvalue weighted by molar-refractivity contribution is 5.96. The molecule has 0 bridgehead atoms. The molecule has 1 fully saturated rings. The second-order valence-electron chi connectivity index (χ2n) is 7.89. The van der Waals surface area contributed by atoms with E-state index in [9.17, 15) is 9.59 Å². The summed E-state index contributed by atoms with van der Waals surface area (Å²) in [6.45, 7) is 1.42. The zero-order valence-corrected chi connectivity index (χ0v) is 16.6. The van der Waals surface area contributed by atoms with E-state index in [1.807, 2.05) is 29.2 Å². The molecule has 2 aromatic carbocycles. The first-order chi connectivity index (χ1) is 14.7. The van der Waals surface area contributed by atoms with Gasteiger partial charge in [0.2, 0.25) is 0 Å². The third-order valence-electron chi connectivity index (χ3n) is 5.72. The van der Waals surface area contributed by atoms with Crippen molar-refractivity contribution in [1.82, 2.24) is 14.8 Å². The summed E-state index contributed by atoms with van der Waals surface area (Å²) in [5, 5.41) is 5.72. The van der Waals surface area contributed by atoms with Crippen molar-refractivity contribution in [3.8, 4) is 0 Å². The Morgan fingerprint density at radius 1 is 0.867 bits per heavy atom. The zero-order chi connectivity index (χ0) is 20.5. The first-order valence-corrected chi connectivity index (χ1v) is 10.4. The fraction of sp³-hybridized carbons (Fsp3) is 0.250. The molecule has 0 radical (unpaired) electrons. The SMILES string of the molecule is O=C(Nc1ccc(C(=O)N2CCn3cccc3[C@@H]2c2ccccc2)cc1)NC1CC1. The Morgan fingerprint density at radius 2 is 1.63 bits per heavy atom. The second-order valence-corrected chi connectivity index (χ2v) is 7.89. The normalized spacial score (nSPS) is 17.9. The Morgan fingerprint density at radius 3 is 2.37 bits per heavy atom. The largest absolute Gasteiger partial charge is 0.348 e. The van der Waals surface area contributed by atoms with Crippen molar-refractivity contribution in [2.45, 2.75) is 31.5 Å². The van der Waals surface area contributed by atoms with Gasteiger partial charge in [-0.05, 0) is 54.8 Å². The number of hydrogen-bond donors (Lipinski definition) is 2. The fourth-order valence-corrected chi connectivity index (χ4v) is 4.03. The average molecular weight is 400 g/mol. The number of amides is 3. The number of rotatable bonds is 4. The maximum Gasteiger partial charge on any atom is 0.319 e. The standard InChI is InChI=1S/C24H24N4O2/c29-23(18-8-10-19(11-9-18)25-24(30)26-20-12-13-20)28-16-15-27-14-4-7-21(27)22(28)17-5-2-1-3-6-17/h1-11,14,20,22H,12-13,15-16H2,(H2,25,26,30)/t22-/m0/s1. The lowest BCUT2D eigenvalue weighted by Gasteiger charge is -2.37. The Hall–Kier alpha value is -3.54. The lowest BCUT2D eigenvalue weighted by molar-refractivity contribution is 0.0664. The summed E-state index contributed by atoms with van der Waals surface area (Å²) in [5.74, 6) is -0.00900. The van der Waals surface area contributed by atoms with Crippen molar-refractivity contribution in [1.29, 1.82) is 0 Å². The predicted octanol–water partition coefficient (Wildman–Crippen LogP) is 4.02. The molecule has 0 saturated heterocycles. The molecule has 1 saturated carbocycles. The highest BCUT2D eigenvalue weighted by Crippen LogP contribution is 2.33. The molecule has 5 rings (SSSR count). The smallest absolute Gasteiger partial charge is 0.319 e. The van der Waals surface area contributed by atoms with Crippen LogP contribution >= 0.6 is 0 Å². The van der Waals surface area contributed by atoms with Gasteiger partial charge < -0.3 is 20.1 Å². The van der Waals surface area contributed by atoms with Crippen LogP contribution in [-0.2, 0) is 6.54 Å². The van der Waals surface area contributed by atoms with E-state index >= 15 is 0 Å². The lowest BCUT2D eigenvalue weighted by atomic mass is 9.99. The maximum atomic E-state index is 13.4. The lowest BCUT2D eigenvalue weighted by Crippen LogP contribution is -2.42. The van der Waals surface area contributed by atoms with Crippen LogP contribution in [0.3, 0.4) is 0 Å². The minimum atomic E-state index is -0.197. The minimum Gasteiger partial charge on any atom is -0.348 e. The summed E-state index contributed by atoms with van der Waals surface area (Å²) in [7, 11) is 0. The van der Waals surface area contributed by atoms with Gasteiger partial charge in [0.25, 0.3) is 5.91 Å². The molecule has 0 unspecified atom stereocenters. The van der Waals surface area contributed by atoms with Gasteiger partial charge in [-0.15, -0.1) is 0 Å². The van der Waals surface area contributed by atoms with Gasteiger partial charge in [0.05, 0.1) is 6.04 Å². The second kappa shape index (κ2) is 7.71. The highest BCUT2D eigenvalue weighted by atomic mass is 16.2. The van der Waals surface area contributed by atoms with Crippen LogP contribution in [-0.4, -0.2) is 34.0 Å². The zero-order valence-electron chi connectivity index (χ0n) is 16.6. The molecule has 30 heavy (non-hydrogen) atoms. The van der Waals surface area contributed by atoms with Gasteiger partial charge in [-0.1, -0.05) is 30.3 Å². The van der Waals surface area contributed by atoms with E-state index in [4.69, 9.17) is 0 Å². The Bertz CT molecular complexity index is 1050. The van der Waals surface area contributed by atoms with Crippen LogP contribution in [0.25, 0.3) is 0 Å². The first kappa shape index (κ1) is 18.5. The molecule has 1 aliphatic carbocycles. The first-order valence-electron chi connectivity index (χ1n) is 10.4. The summed E-state index contributed by atoms with van der Waals surface area (Å²) in [6.07, 6.45) is 4.16. The quantitative estimate of drug-likeness (QED) is 0.695. The van der Waals surface area contributed by atoms with Crippen molar-refractivity contribution in [2.24, 2.45) is 0 Å². The Kier molecular flexibility index (Phi) is 4.75. The van der Waals surface area contributed by atoms with Crippen LogP contribution in [0.15, 0.2) is 72.9 Å². The summed E-state index contributed by atoms with van der Waals surface area (Å²) >= 11 is 0. The minimum absolute atomic E-state index is 0.00900. The van der Waals surface area contributed by atoms with E-state index in [1.165, 1.54) is 0 Å². The molecule has 6 heteroatoms. The van der Waals surface area contributed by atoms with E-state index in [1.54, 1.807) is 24.3 Å². The number of carbonyl (C=O) groups excluding carboxylic acids is 2. The molecule has 0 spiro atoms. The molecule has 2 heterocycles. The Balaban J connectivity index is 1.37. The van der Waals surface area contributed by atoms with E-state index in [0.717, 1.165) is 30.6 Å². The van der Waals surface area contributed by atoms with Gasteiger partial charge in [0, 0.05) is 42.3 Å². The van der Waals surface area contributed by atoms with Crippen LogP contribution < -0.4 is 10.6 Å². The third-order valence-corrected chi connectivity index (χ3v) is 5.72. The monoisotopic (exact) mass is 400 g/mol. The van der Waals surface area contributed by atoms with E-state index < -0.39 is 0 Å². The number of urea groups is 1. The molecule has 2 N–H and O–H groups in total. The summed E-state index contributed by atoms with van der Waals surface area (Å²) < 4.78 is 2.22. The maximum absolute atomic E-state index is 13.4. The molecule has 1 aliphatic heterocycles. The van der Waals surface area contributed by atoms with Crippen molar-refractivity contribution in [3.63, 3.8) is 0 Å². The molecule has 2 aliphatic rings. The summed E-state index contributed by atoms with van der Waals surface area (Å²) in [6, 6.07) is 21.4. The summed E-state index contributed by atoms with van der Waals surface area (Å²) in [5.41, 5.74) is 3.51. The molecule has 3 aromatic rings. The number of hydrogen-bond acceptors (Lipinski definition) is 2. The van der Waals surface area contributed by atoms with Crippen molar-refractivity contribution < 1.29 is 9.59 Å². The molecular weight excluding hydrogens is 376 g/mol. The number of fused-ring (bicyclic) bond motifs is 1. The van der Waals surface area contributed by atoms with E-state index in [2.05, 4.69) is 39.6 Å². The van der Waals surface area contributed by atoms with Crippen LogP contribution in [0.4, 0.5) is 10.5 Å². The molecular formula is C24H24N4O2. The van der Waals surface area contributed by atoms with Crippen LogP contribution in [0.2, 0.25) is 0 Å². The number of benzene rings is 2. The predicted molar refractivity (Wildman–Crippen MR) is 115 cm³/mol. The summed E-state index contributed by atoms with van der Waals surface area (Å²) in [4.78, 5) is 27.3. The van der Waals surface area contributed by atoms with Crippen LogP contribution in [0, 0.1) is 0 Å². The number of carbonyl (C=O) groups is 2. The average Bonchev–Trinajstić information content (AvgIpc) is 3.45. The highest BCUT2D eigenvalue weighted by Gasteiger charge is 2.32. The number of nitrogens with zero attached hydrogens (tertiary/aromatic N) is 2. The van der Waals surface area contributed by atoms with Crippen LogP contribution in [0.5, 0.6) is 0 Å². The van der Waals surface area contributed by atoms with Crippen molar-refractivity contribution in [2.75, 3.05) is 11.9 Å². The Labute approximate surface area is 175 Å². The molecule has 1 atom stereocenters. The molecule has 1 aromatic heterocycles. The number of anilines is 1. The number of aromatic nitrogens is 1. The molecule has 6 nitrogen and oxygen atoms in total.